The van der Waals surface area contributed by atoms with Crippen molar-refractivity contribution in [3.63, 3.8) is 0 Å². The molecule has 0 radical (unpaired) electrons. The van der Waals surface area contributed by atoms with E-state index >= 15 is 0 Å². The number of hydrogen-bond donors (Lipinski definition) is 0. The normalized spacial score (nSPS) is 14.9. The van der Waals surface area contributed by atoms with Gasteiger partial charge in [0.25, 0.3) is 5.91 Å². The molecule has 2 aromatic carbocycles. The molecule has 0 N–H and O–H groups in total. The Kier molecular flexibility index (Phi) is 5.70. The van der Waals surface area contributed by atoms with Crippen molar-refractivity contribution < 1.29 is 17.9 Å². The number of amides is 1. The zero-order chi connectivity index (χ0) is 20.6. The Morgan fingerprint density at radius 3 is 2.57 bits per heavy atom. The average molecular weight is 423 g/mol. The number of ether oxygens (including phenoxy) is 1. The van der Waals surface area contributed by atoms with E-state index in [2.05, 4.69) is 0 Å². The molecule has 0 aromatic heterocycles. The number of halogens is 1. The van der Waals surface area contributed by atoms with Gasteiger partial charge in [0.1, 0.15) is 5.75 Å². The maximum absolute atomic E-state index is 12.9. The molecule has 3 rings (SSSR count). The second-order valence-corrected chi connectivity index (χ2v) is 9.55. The quantitative estimate of drug-likeness (QED) is 0.741. The lowest BCUT2D eigenvalue weighted by molar-refractivity contribution is -0.124. The topological polar surface area (TPSA) is 66.9 Å². The zero-order valence-electron chi connectivity index (χ0n) is 16.3. The second kappa shape index (κ2) is 7.73. The first-order valence-electron chi connectivity index (χ1n) is 8.91. The summed E-state index contributed by atoms with van der Waals surface area (Å²) in [6, 6.07) is 10.1. The molecule has 28 heavy (non-hydrogen) atoms. The maximum Gasteiger partial charge on any atom is 0.267 e. The fourth-order valence-corrected chi connectivity index (χ4v) is 4.21. The van der Waals surface area contributed by atoms with E-state index in [-0.39, 0.29) is 10.8 Å². The lowest BCUT2D eigenvalue weighted by Crippen LogP contribution is -2.39. The molecule has 1 aliphatic rings. The Labute approximate surface area is 170 Å². The maximum atomic E-state index is 12.9. The summed E-state index contributed by atoms with van der Waals surface area (Å²) in [6.45, 7) is 4.07. The lowest BCUT2D eigenvalue weighted by atomic mass is 10.2. The van der Waals surface area contributed by atoms with Crippen LogP contribution in [0.4, 0.5) is 5.69 Å². The number of anilines is 1. The van der Waals surface area contributed by atoms with Crippen LogP contribution >= 0.6 is 11.6 Å². The van der Waals surface area contributed by atoms with E-state index in [0.717, 1.165) is 16.8 Å². The molecule has 150 valence electrons. The first-order chi connectivity index (χ1) is 13.1. The van der Waals surface area contributed by atoms with E-state index in [0.29, 0.717) is 23.7 Å². The van der Waals surface area contributed by atoms with Gasteiger partial charge in [-0.15, -0.1) is 0 Å². The van der Waals surface area contributed by atoms with Crippen molar-refractivity contribution in [3.05, 3.63) is 52.5 Å². The summed E-state index contributed by atoms with van der Waals surface area (Å²) in [6.07, 6.45) is -0.0818. The largest absolute Gasteiger partial charge is 0.481 e. The third-order valence-electron chi connectivity index (χ3n) is 4.78. The van der Waals surface area contributed by atoms with E-state index in [9.17, 15) is 13.2 Å². The molecule has 1 unspecified atom stereocenters. The Hall–Kier alpha value is -2.09. The van der Waals surface area contributed by atoms with Crippen molar-refractivity contribution in [3.8, 4) is 5.75 Å². The molecule has 1 atom stereocenters. The van der Waals surface area contributed by atoms with Crippen LogP contribution in [0.5, 0.6) is 5.75 Å². The SMILES string of the molecule is Cc1cc(OC(C)C(=O)N2CCc3cc(S(=O)(=O)N(C)C)ccc32)ccc1Cl. The second-order valence-electron chi connectivity index (χ2n) is 6.99. The summed E-state index contributed by atoms with van der Waals surface area (Å²) >= 11 is 6.03. The molecule has 2 aromatic rings. The third-order valence-corrected chi connectivity index (χ3v) is 7.02. The molecule has 1 aliphatic heterocycles. The monoisotopic (exact) mass is 422 g/mol. The molecular weight excluding hydrogens is 400 g/mol. The molecular formula is C20H23ClN2O4S. The number of benzene rings is 2. The third kappa shape index (κ3) is 3.87. The van der Waals surface area contributed by atoms with Crippen molar-refractivity contribution in [2.24, 2.45) is 0 Å². The summed E-state index contributed by atoms with van der Waals surface area (Å²) in [5.74, 6) is 0.407. The van der Waals surface area contributed by atoms with Crippen LogP contribution in [0.1, 0.15) is 18.1 Å². The summed E-state index contributed by atoms with van der Waals surface area (Å²) in [5.41, 5.74) is 2.44. The predicted molar refractivity (Wildman–Crippen MR) is 110 cm³/mol. The highest BCUT2D eigenvalue weighted by atomic mass is 35.5. The van der Waals surface area contributed by atoms with Crippen LogP contribution in [0.2, 0.25) is 5.02 Å². The highest BCUT2D eigenvalue weighted by Gasteiger charge is 2.30. The number of rotatable bonds is 5. The number of fused-ring (bicyclic) bond motifs is 1. The smallest absolute Gasteiger partial charge is 0.267 e. The van der Waals surface area contributed by atoms with Crippen molar-refractivity contribution in [1.82, 2.24) is 4.31 Å². The first kappa shape index (κ1) is 20.6. The zero-order valence-corrected chi connectivity index (χ0v) is 17.8. The molecule has 6 nitrogen and oxygen atoms in total. The molecule has 1 amide bonds. The summed E-state index contributed by atoms with van der Waals surface area (Å²) in [5, 5.41) is 0.642. The molecule has 1 heterocycles. The van der Waals surface area contributed by atoms with Gasteiger partial charge in [0, 0.05) is 31.4 Å². The minimum atomic E-state index is -3.51. The van der Waals surface area contributed by atoms with Gasteiger partial charge in [-0.1, -0.05) is 11.6 Å². The first-order valence-corrected chi connectivity index (χ1v) is 10.7. The molecule has 0 saturated carbocycles. The Morgan fingerprint density at radius 2 is 1.93 bits per heavy atom. The minimum Gasteiger partial charge on any atom is -0.481 e. The molecule has 0 fully saturated rings. The molecule has 8 heteroatoms. The van der Waals surface area contributed by atoms with E-state index < -0.39 is 16.1 Å². The Bertz CT molecular complexity index is 1020. The van der Waals surface area contributed by atoms with Crippen molar-refractivity contribution in [1.29, 1.82) is 0 Å². The molecule has 0 saturated heterocycles. The highest BCUT2D eigenvalue weighted by molar-refractivity contribution is 7.89. The predicted octanol–water partition coefficient (Wildman–Crippen LogP) is 3.26. The van der Waals surface area contributed by atoms with Gasteiger partial charge in [-0.25, -0.2) is 12.7 Å². The van der Waals surface area contributed by atoms with Gasteiger partial charge in [0.2, 0.25) is 10.0 Å². The fraction of sp³-hybridized carbons (Fsp3) is 0.350. The van der Waals surface area contributed by atoms with Crippen LogP contribution < -0.4 is 9.64 Å². The van der Waals surface area contributed by atoms with Crippen LogP contribution in [-0.2, 0) is 21.2 Å². The van der Waals surface area contributed by atoms with Crippen LogP contribution in [0, 0.1) is 6.92 Å². The van der Waals surface area contributed by atoms with Crippen molar-refractivity contribution in [2.75, 3.05) is 25.5 Å². The number of sulfonamides is 1. The fourth-order valence-electron chi connectivity index (χ4n) is 3.14. The highest BCUT2D eigenvalue weighted by Crippen LogP contribution is 2.32. The van der Waals surface area contributed by atoms with Gasteiger partial charge in [0.15, 0.2) is 6.10 Å². The van der Waals surface area contributed by atoms with Gasteiger partial charge in [-0.2, -0.15) is 0 Å². The van der Waals surface area contributed by atoms with Crippen LogP contribution in [0.25, 0.3) is 0 Å². The summed E-state index contributed by atoms with van der Waals surface area (Å²) < 4.78 is 31.6. The van der Waals surface area contributed by atoms with Crippen LogP contribution in [0.15, 0.2) is 41.3 Å². The lowest BCUT2D eigenvalue weighted by Gasteiger charge is -2.23. The van der Waals surface area contributed by atoms with Gasteiger partial charge >= 0.3 is 0 Å². The van der Waals surface area contributed by atoms with E-state index in [1.54, 1.807) is 42.2 Å². The van der Waals surface area contributed by atoms with Gasteiger partial charge < -0.3 is 9.64 Å². The minimum absolute atomic E-state index is 0.172. The van der Waals surface area contributed by atoms with Crippen molar-refractivity contribution >= 4 is 33.2 Å². The number of carbonyl (C=O) groups excluding carboxylic acids is 1. The van der Waals surface area contributed by atoms with Gasteiger partial charge in [-0.05, 0) is 67.8 Å². The number of hydrogen-bond acceptors (Lipinski definition) is 4. The van der Waals surface area contributed by atoms with E-state index in [4.69, 9.17) is 16.3 Å². The molecule has 0 aliphatic carbocycles. The summed E-state index contributed by atoms with van der Waals surface area (Å²) in [4.78, 5) is 14.8. The Morgan fingerprint density at radius 1 is 1.21 bits per heavy atom. The Balaban J connectivity index is 1.79. The number of nitrogens with zero attached hydrogens (tertiary/aromatic N) is 2. The molecule has 0 bridgehead atoms. The van der Waals surface area contributed by atoms with E-state index in [1.807, 2.05) is 6.92 Å². The van der Waals surface area contributed by atoms with Crippen LogP contribution in [0.3, 0.4) is 0 Å². The molecule has 0 spiro atoms. The van der Waals surface area contributed by atoms with E-state index in [1.165, 1.54) is 24.5 Å². The number of carbonyl (C=O) groups is 1. The standard InChI is InChI=1S/C20H23ClN2O4S/c1-13-11-16(5-7-18(13)21)27-14(2)20(24)23-10-9-15-12-17(6-8-19(15)23)28(25,26)22(3)4/h5-8,11-12,14H,9-10H2,1-4H3. The average Bonchev–Trinajstić information content (AvgIpc) is 3.07. The number of aryl methyl sites for hydroxylation is 1. The van der Waals surface area contributed by atoms with Gasteiger partial charge in [0.05, 0.1) is 4.90 Å². The van der Waals surface area contributed by atoms with Gasteiger partial charge in [-0.3, -0.25) is 4.79 Å². The summed E-state index contributed by atoms with van der Waals surface area (Å²) in [7, 11) is -0.515. The van der Waals surface area contributed by atoms with Crippen LogP contribution in [-0.4, -0.2) is 45.4 Å². The van der Waals surface area contributed by atoms with Crippen molar-refractivity contribution in [2.45, 2.75) is 31.3 Å².